The third-order valence-electron chi connectivity index (χ3n) is 6.14. The molecule has 0 aliphatic heterocycles. The standard InChI is InChI=1S/C27H30N2O3S/c30-23-15-13-21(14-16-23)26(27(32)28-22-10-5-2-6-11-22)29(19-20-8-3-1-4-9-20)25(31)18-24-12-7-17-33-24/h1,3-4,7-9,12-17,22,26,30H,2,5-6,10-11,18-19H2,(H,28,32)/t26-/m1/s1. The number of carbonyl (C=O) groups is 2. The summed E-state index contributed by atoms with van der Waals surface area (Å²) in [7, 11) is 0. The van der Waals surface area contributed by atoms with E-state index >= 15 is 0 Å². The third-order valence-corrected chi connectivity index (χ3v) is 7.02. The van der Waals surface area contributed by atoms with Crippen LogP contribution in [0.4, 0.5) is 0 Å². The van der Waals surface area contributed by atoms with Crippen LogP contribution in [0.15, 0.2) is 72.1 Å². The molecule has 4 rings (SSSR count). The highest BCUT2D eigenvalue weighted by atomic mass is 32.1. The van der Waals surface area contributed by atoms with Crippen molar-refractivity contribution in [3.63, 3.8) is 0 Å². The topological polar surface area (TPSA) is 69.6 Å². The lowest BCUT2D eigenvalue weighted by atomic mass is 9.94. The van der Waals surface area contributed by atoms with Gasteiger partial charge in [0.2, 0.25) is 11.8 Å². The molecule has 0 radical (unpaired) electrons. The Morgan fingerprint density at radius 3 is 2.36 bits per heavy atom. The zero-order chi connectivity index (χ0) is 23.0. The molecule has 5 nitrogen and oxygen atoms in total. The van der Waals surface area contributed by atoms with Crippen LogP contribution in [-0.4, -0.2) is 27.9 Å². The van der Waals surface area contributed by atoms with Crippen LogP contribution in [0.3, 0.4) is 0 Å². The van der Waals surface area contributed by atoms with E-state index in [1.54, 1.807) is 40.5 Å². The van der Waals surface area contributed by atoms with Gasteiger partial charge in [-0.25, -0.2) is 0 Å². The van der Waals surface area contributed by atoms with Crippen LogP contribution in [0.2, 0.25) is 0 Å². The highest BCUT2D eigenvalue weighted by molar-refractivity contribution is 7.10. The number of phenolic OH excluding ortho intramolecular Hbond substituents is 1. The second-order valence-electron chi connectivity index (χ2n) is 8.60. The quantitative estimate of drug-likeness (QED) is 0.482. The number of hydrogen-bond donors (Lipinski definition) is 2. The van der Waals surface area contributed by atoms with E-state index in [0.29, 0.717) is 12.1 Å². The second kappa shape index (κ2) is 11.1. The van der Waals surface area contributed by atoms with Crippen molar-refractivity contribution in [3.05, 3.63) is 88.1 Å². The van der Waals surface area contributed by atoms with E-state index in [0.717, 1.165) is 36.1 Å². The van der Waals surface area contributed by atoms with Gasteiger partial charge in [-0.2, -0.15) is 0 Å². The first kappa shape index (κ1) is 23.1. The van der Waals surface area contributed by atoms with E-state index in [1.165, 1.54) is 6.42 Å². The Kier molecular flexibility index (Phi) is 7.79. The minimum atomic E-state index is -0.778. The average molecular weight is 463 g/mol. The number of rotatable bonds is 8. The van der Waals surface area contributed by atoms with Crippen molar-refractivity contribution in [1.29, 1.82) is 0 Å². The van der Waals surface area contributed by atoms with Crippen molar-refractivity contribution in [3.8, 4) is 5.75 Å². The van der Waals surface area contributed by atoms with Crippen molar-refractivity contribution >= 4 is 23.2 Å². The van der Waals surface area contributed by atoms with E-state index in [-0.39, 0.29) is 30.0 Å². The maximum absolute atomic E-state index is 13.7. The van der Waals surface area contributed by atoms with Crippen molar-refractivity contribution in [1.82, 2.24) is 10.2 Å². The molecule has 0 bridgehead atoms. The average Bonchev–Trinajstić information content (AvgIpc) is 3.34. The number of amides is 2. The van der Waals surface area contributed by atoms with Gasteiger partial charge in [0, 0.05) is 17.5 Å². The van der Waals surface area contributed by atoms with Crippen LogP contribution < -0.4 is 5.32 Å². The van der Waals surface area contributed by atoms with Crippen LogP contribution in [-0.2, 0) is 22.6 Å². The van der Waals surface area contributed by atoms with E-state index in [9.17, 15) is 14.7 Å². The summed E-state index contributed by atoms with van der Waals surface area (Å²) in [6.07, 6.45) is 5.61. The maximum Gasteiger partial charge on any atom is 0.247 e. The number of hydrogen-bond acceptors (Lipinski definition) is 4. The fourth-order valence-electron chi connectivity index (χ4n) is 4.42. The predicted octanol–water partition coefficient (Wildman–Crippen LogP) is 5.22. The van der Waals surface area contributed by atoms with Crippen molar-refractivity contribution < 1.29 is 14.7 Å². The monoisotopic (exact) mass is 462 g/mol. The lowest BCUT2D eigenvalue weighted by Crippen LogP contribution is -2.47. The minimum Gasteiger partial charge on any atom is -0.508 e. The SMILES string of the molecule is O=C(NC1CCCCC1)[C@@H](c1ccc(O)cc1)N(Cc1ccccc1)C(=O)Cc1cccs1. The van der Waals surface area contributed by atoms with Gasteiger partial charge in [0.05, 0.1) is 6.42 Å². The summed E-state index contributed by atoms with van der Waals surface area (Å²) in [5, 5.41) is 15.0. The Bertz CT molecular complexity index is 1030. The number of phenols is 1. The van der Waals surface area contributed by atoms with Crippen LogP contribution >= 0.6 is 11.3 Å². The molecule has 1 fully saturated rings. The Morgan fingerprint density at radius 1 is 0.970 bits per heavy atom. The summed E-state index contributed by atoms with van der Waals surface area (Å²) < 4.78 is 0. The lowest BCUT2D eigenvalue weighted by molar-refractivity contribution is -0.141. The molecule has 2 aromatic carbocycles. The van der Waals surface area contributed by atoms with E-state index < -0.39 is 6.04 Å². The number of nitrogens with zero attached hydrogens (tertiary/aromatic N) is 1. The van der Waals surface area contributed by atoms with Gasteiger partial charge in [-0.05, 0) is 47.5 Å². The van der Waals surface area contributed by atoms with Crippen molar-refractivity contribution in [2.24, 2.45) is 0 Å². The molecule has 1 atom stereocenters. The molecule has 0 spiro atoms. The molecule has 1 saturated carbocycles. The molecule has 1 heterocycles. The Hall–Kier alpha value is -3.12. The number of aromatic hydroxyl groups is 1. The van der Waals surface area contributed by atoms with Gasteiger partial charge < -0.3 is 15.3 Å². The van der Waals surface area contributed by atoms with Gasteiger partial charge in [0.15, 0.2) is 0 Å². The normalized spacial score (nSPS) is 15.0. The number of carbonyl (C=O) groups excluding carboxylic acids is 2. The number of thiophene rings is 1. The zero-order valence-corrected chi connectivity index (χ0v) is 19.5. The lowest BCUT2D eigenvalue weighted by Gasteiger charge is -2.33. The molecule has 3 aromatic rings. The van der Waals surface area contributed by atoms with Crippen LogP contribution in [0.1, 0.15) is 54.1 Å². The van der Waals surface area contributed by atoms with Crippen molar-refractivity contribution in [2.75, 3.05) is 0 Å². The molecule has 1 aliphatic rings. The third kappa shape index (κ3) is 6.23. The molecule has 1 aromatic heterocycles. The summed E-state index contributed by atoms with van der Waals surface area (Å²) in [5.41, 5.74) is 1.66. The first-order valence-corrected chi connectivity index (χ1v) is 12.4. The van der Waals surface area contributed by atoms with E-state index in [4.69, 9.17) is 0 Å². The molecule has 2 amide bonds. The Balaban J connectivity index is 1.67. The Morgan fingerprint density at radius 2 is 1.70 bits per heavy atom. The fraction of sp³-hybridized carbons (Fsp3) is 0.333. The zero-order valence-electron chi connectivity index (χ0n) is 18.7. The molecule has 172 valence electrons. The van der Waals surface area contributed by atoms with Crippen LogP contribution in [0.5, 0.6) is 5.75 Å². The molecule has 33 heavy (non-hydrogen) atoms. The molecule has 0 unspecified atom stereocenters. The number of benzene rings is 2. The van der Waals surface area contributed by atoms with Gasteiger partial charge in [0.1, 0.15) is 11.8 Å². The van der Waals surface area contributed by atoms with Gasteiger partial charge >= 0.3 is 0 Å². The predicted molar refractivity (Wildman–Crippen MR) is 131 cm³/mol. The highest BCUT2D eigenvalue weighted by Crippen LogP contribution is 2.28. The summed E-state index contributed by atoms with van der Waals surface area (Å²) in [6.45, 7) is 0.328. The molecule has 6 heteroatoms. The smallest absolute Gasteiger partial charge is 0.247 e. The Labute approximate surface area is 199 Å². The summed E-state index contributed by atoms with van der Waals surface area (Å²) in [4.78, 5) is 29.9. The molecule has 1 aliphatic carbocycles. The first-order chi connectivity index (χ1) is 16.1. The second-order valence-corrected chi connectivity index (χ2v) is 9.63. The summed E-state index contributed by atoms with van der Waals surface area (Å²) in [6, 6.07) is 19.6. The minimum absolute atomic E-state index is 0.0989. The fourth-order valence-corrected chi connectivity index (χ4v) is 5.12. The van der Waals surface area contributed by atoms with Crippen LogP contribution in [0.25, 0.3) is 0 Å². The van der Waals surface area contributed by atoms with Crippen molar-refractivity contribution in [2.45, 2.75) is 57.2 Å². The van der Waals surface area contributed by atoms with E-state index in [2.05, 4.69) is 5.32 Å². The molecular formula is C27H30N2O3S. The summed E-state index contributed by atoms with van der Waals surface area (Å²) >= 11 is 1.54. The van der Waals surface area contributed by atoms with Gasteiger partial charge in [-0.15, -0.1) is 11.3 Å². The van der Waals surface area contributed by atoms with E-state index in [1.807, 2.05) is 47.8 Å². The van der Waals surface area contributed by atoms with Gasteiger partial charge in [-0.1, -0.05) is 67.8 Å². The number of nitrogens with one attached hydrogen (secondary N) is 1. The van der Waals surface area contributed by atoms with Crippen LogP contribution in [0, 0.1) is 0 Å². The molecular weight excluding hydrogens is 432 g/mol. The molecule has 2 N–H and O–H groups in total. The van der Waals surface area contributed by atoms with Gasteiger partial charge in [-0.3, -0.25) is 9.59 Å². The summed E-state index contributed by atoms with van der Waals surface area (Å²) in [5.74, 6) is -0.133. The maximum atomic E-state index is 13.7. The largest absolute Gasteiger partial charge is 0.508 e. The highest BCUT2D eigenvalue weighted by Gasteiger charge is 2.33. The van der Waals surface area contributed by atoms with Gasteiger partial charge in [0.25, 0.3) is 0 Å². The first-order valence-electron chi connectivity index (χ1n) is 11.6. The molecule has 0 saturated heterocycles.